The van der Waals surface area contributed by atoms with Crippen molar-refractivity contribution in [2.24, 2.45) is 5.92 Å². The lowest BCUT2D eigenvalue weighted by molar-refractivity contribution is -0.314. The summed E-state index contributed by atoms with van der Waals surface area (Å²) in [5.74, 6) is -0.124. The van der Waals surface area contributed by atoms with Crippen LogP contribution in [0.1, 0.15) is 47.9 Å². The average Bonchev–Trinajstić information content (AvgIpc) is 3.58. The molecule has 10 nitrogen and oxygen atoms in total. The van der Waals surface area contributed by atoms with Gasteiger partial charge in [-0.3, -0.25) is 4.79 Å². The van der Waals surface area contributed by atoms with Crippen molar-refractivity contribution in [2.75, 3.05) is 27.6 Å². The SMILES string of the molecule is COC1=C(OC)C(=O)C23COc4c5c(cc(c42)C2OC3(C1)C(OC(=O)c1ccccc1)C(C)(O)C2C)OCO5. The van der Waals surface area contributed by atoms with Crippen LogP contribution in [0, 0.1) is 5.92 Å². The molecule has 0 amide bonds. The van der Waals surface area contributed by atoms with E-state index in [4.69, 9.17) is 33.2 Å². The number of allylic oxidation sites excluding steroid dienone is 1. The maximum absolute atomic E-state index is 14.6. The fourth-order valence-electron chi connectivity index (χ4n) is 7.12. The van der Waals surface area contributed by atoms with Crippen LogP contribution in [0.3, 0.4) is 0 Å². The van der Waals surface area contributed by atoms with Crippen molar-refractivity contribution in [3.05, 3.63) is 64.6 Å². The minimum Gasteiger partial charge on any atom is -0.497 e. The van der Waals surface area contributed by atoms with Crippen LogP contribution in [-0.4, -0.2) is 61.8 Å². The van der Waals surface area contributed by atoms with E-state index in [2.05, 4.69) is 0 Å². The summed E-state index contributed by atoms with van der Waals surface area (Å²) in [5, 5.41) is 12.2. The van der Waals surface area contributed by atoms with Gasteiger partial charge in [0.1, 0.15) is 29.0 Å². The van der Waals surface area contributed by atoms with Crippen LogP contribution in [0.2, 0.25) is 0 Å². The van der Waals surface area contributed by atoms with Crippen LogP contribution in [-0.2, 0) is 29.2 Å². The first kappa shape index (κ1) is 24.3. The van der Waals surface area contributed by atoms with E-state index < -0.39 is 46.5 Å². The van der Waals surface area contributed by atoms with Crippen LogP contribution in [0.25, 0.3) is 0 Å². The van der Waals surface area contributed by atoms with Crippen molar-refractivity contribution < 1.29 is 47.9 Å². The van der Waals surface area contributed by atoms with E-state index in [-0.39, 0.29) is 31.3 Å². The van der Waals surface area contributed by atoms with Crippen LogP contribution in [0.5, 0.6) is 17.2 Å². The lowest BCUT2D eigenvalue weighted by atomic mass is 9.50. The average molecular weight is 537 g/mol. The number of ketones is 1. The van der Waals surface area contributed by atoms with E-state index in [1.807, 2.05) is 6.92 Å². The quantitative estimate of drug-likeness (QED) is 0.584. The van der Waals surface area contributed by atoms with Gasteiger partial charge in [-0.05, 0) is 30.7 Å². The Bertz CT molecular complexity index is 1450. The van der Waals surface area contributed by atoms with Gasteiger partial charge < -0.3 is 38.3 Å². The number of fused-ring (bicyclic) bond motifs is 4. The number of hydrogen-bond donors (Lipinski definition) is 1. The molecule has 0 radical (unpaired) electrons. The molecular weight excluding hydrogens is 508 g/mol. The Morgan fingerprint density at radius 2 is 1.85 bits per heavy atom. The molecular formula is C29H28O10. The Morgan fingerprint density at radius 1 is 1.08 bits per heavy atom. The Labute approximate surface area is 224 Å². The second kappa shape index (κ2) is 7.89. The monoisotopic (exact) mass is 536 g/mol. The summed E-state index contributed by atoms with van der Waals surface area (Å²) >= 11 is 0. The molecule has 39 heavy (non-hydrogen) atoms. The molecule has 5 aliphatic rings. The smallest absolute Gasteiger partial charge is 0.338 e. The second-order valence-electron chi connectivity index (χ2n) is 10.9. The van der Waals surface area contributed by atoms with Gasteiger partial charge >= 0.3 is 5.97 Å². The van der Waals surface area contributed by atoms with Gasteiger partial charge in [0.15, 0.2) is 17.6 Å². The molecule has 1 aliphatic carbocycles. The number of ether oxygens (including phenoxy) is 7. The Hall–Kier alpha value is -3.76. The lowest BCUT2D eigenvalue weighted by Crippen LogP contribution is -2.78. The number of carbonyl (C=O) groups is 2. The molecule has 204 valence electrons. The third-order valence-corrected chi connectivity index (χ3v) is 9.16. The third-order valence-electron chi connectivity index (χ3n) is 9.16. The predicted molar refractivity (Wildman–Crippen MR) is 132 cm³/mol. The molecule has 2 spiro atoms. The summed E-state index contributed by atoms with van der Waals surface area (Å²) in [6.07, 6.45) is -1.98. The maximum atomic E-state index is 14.6. The molecule has 6 atom stereocenters. The number of rotatable bonds is 4. The molecule has 7 rings (SSSR count). The van der Waals surface area contributed by atoms with Gasteiger partial charge in [-0.25, -0.2) is 4.79 Å². The summed E-state index contributed by atoms with van der Waals surface area (Å²) in [5.41, 5.74) is -3.20. The number of carbonyl (C=O) groups excluding carboxylic acids is 2. The minimum absolute atomic E-state index is 0.00777. The van der Waals surface area contributed by atoms with E-state index >= 15 is 0 Å². The van der Waals surface area contributed by atoms with Crippen molar-refractivity contribution in [3.63, 3.8) is 0 Å². The van der Waals surface area contributed by atoms with Gasteiger partial charge in [0, 0.05) is 17.9 Å². The Balaban J connectivity index is 1.52. The first-order valence-corrected chi connectivity index (χ1v) is 12.8. The van der Waals surface area contributed by atoms with Crippen molar-refractivity contribution in [1.29, 1.82) is 0 Å². The van der Waals surface area contributed by atoms with Crippen LogP contribution in [0.4, 0.5) is 0 Å². The summed E-state index contributed by atoms with van der Waals surface area (Å²) < 4.78 is 42.0. The Morgan fingerprint density at radius 3 is 2.56 bits per heavy atom. The summed E-state index contributed by atoms with van der Waals surface area (Å²) in [7, 11) is 2.84. The fourth-order valence-corrected chi connectivity index (χ4v) is 7.12. The molecule has 0 saturated carbocycles. The van der Waals surface area contributed by atoms with Crippen molar-refractivity contribution in [2.45, 2.75) is 49.1 Å². The topological polar surface area (TPSA) is 119 Å². The zero-order valence-electron chi connectivity index (χ0n) is 21.9. The highest BCUT2D eigenvalue weighted by atomic mass is 16.7. The predicted octanol–water partition coefficient (Wildman–Crippen LogP) is 2.96. The zero-order valence-corrected chi connectivity index (χ0v) is 21.9. The summed E-state index contributed by atoms with van der Waals surface area (Å²) in [6.45, 7) is 3.31. The lowest BCUT2D eigenvalue weighted by Gasteiger charge is -2.64. The van der Waals surface area contributed by atoms with Gasteiger partial charge in [0.2, 0.25) is 24.1 Å². The second-order valence-corrected chi connectivity index (χ2v) is 10.9. The van der Waals surface area contributed by atoms with Gasteiger partial charge in [0.05, 0.1) is 25.9 Å². The standard InChI is InChI=1S/C29H28O10/c1-14-20-16-10-17-21(37-13-36-17)23-19(16)28(12-35-23)24(30)22(34-4)18(33-3)11-29(28,39-20)26(27(14,2)32)38-25(31)15-8-6-5-7-9-15/h5-10,14,20,26,32H,11-13H2,1-4H3. The number of methoxy groups -OCH3 is 2. The fraction of sp³-hybridized carbons (Fsp3) is 0.448. The van der Waals surface area contributed by atoms with Crippen LogP contribution < -0.4 is 14.2 Å². The van der Waals surface area contributed by atoms with E-state index in [1.165, 1.54) is 14.2 Å². The number of esters is 1. The van der Waals surface area contributed by atoms with Crippen LogP contribution in [0.15, 0.2) is 47.9 Å². The number of benzene rings is 2. The van der Waals surface area contributed by atoms with Gasteiger partial charge in [-0.2, -0.15) is 0 Å². The minimum atomic E-state index is -1.62. The van der Waals surface area contributed by atoms with Gasteiger partial charge in [-0.15, -0.1) is 0 Å². The molecule has 0 aromatic heterocycles. The highest BCUT2D eigenvalue weighted by Gasteiger charge is 2.79. The maximum Gasteiger partial charge on any atom is 0.338 e. The van der Waals surface area contributed by atoms with Crippen LogP contribution >= 0.6 is 0 Å². The zero-order chi connectivity index (χ0) is 27.3. The molecule has 6 unspecified atom stereocenters. The summed E-state index contributed by atoms with van der Waals surface area (Å²) in [6, 6.07) is 10.3. The molecule has 2 aromatic carbocycles. The largest absolute Gasteiger partial charge is 0.497 e. The number of Topliss-reactive ketones (excluding diaryl/α,β-unsaturated/α-hetero) is 1. The van der Waals surface area contributed by atoms with E-state index in [1.54, 1.807) is 43.3 Å². The third kappa shape index (κ3) is 2.78. The van der Waals surface area contributed by atoms with Gasteiger partial charge in [-0.1, -0.05) is 25.1 Å². The highest BCUT2D eigenvalue weighted by molar-refractivity contribution is 6.07. The molecule has 1 N–H and O–H groups in total. The van der Waals surface area contributed by atoms with E-state index in [0.29, 0.717) is 33.9 Å². The number of aliphatic hydroxyl groups is 1. The van der Waals surface area contributed by atoms with Gasteiger partial charge in [0.25, 0.3) is 0 Å². The highest BCUT2D eigenvalue weighted by Crippen LogP contribution is 2.69. The van der Waals surface area contributed by atoms with E-state index in [9.17, 15) is 14.7 Å². The van der Waals surface area contributed by atoms with Crippen molar-refractivity contribution in [1.82, 2.24) is 0 Å². The molecule has 2 bridgehead atoms. The molecule has 4 heterocycles. The molecule has 1 saturated heterocycles. The molecule has 2 aromatic rings. The molecule has 10 heteroatoms. The number of hydrogen-bond acceptors (Lipinski definition) is 10. The van der Waals surface area contributed by atoms with Crippen molar-refractivity contribution >= 4 is 11.8 Å². The van der Waals surface area contributed by atoms with Crippen molar-refractivity contribution in [3.8, 4) is 17.2 Å². The first-order valence-electron chi connectivity index (χ1n) is 12.8. The first-order chi connectivity index (χ1) is 18.7. The normalized spacial score (nSPS) is 35.1. The molecule has 1 fully saturated rings. The molecule has 4 aliphatic heterocycles. The Kier molecular flexibility index (Phi) is 4.92. The summed E-state index contributed by atoms with van der Waals surface area (Å²) in [4.78, 5) is 28.1. The van der Waals surface area contributed by atoms with E-state index in [0.717, 1.165) is 0 Å².